The van der Waals surface area contributed by atoms with Crippen LogP contribution in [0.15, 0.2) is 89.9 Å². The zero-order valence-electron chi connectivity index (χ0n) is 27.2. The molecule has 0 N–H and O–H groups in total. The largest absolute Gasteiger partial charge is 0.497 e. The highest BCUT2D eigenvalue weighted by Crippen LogP contribution is 2.30. The number of benzene rings is 4. The molecule has 48 heavy (non-hydrogen) atoms. The van der Waals surface area contributed by atoms with E-state index >= 15 is 0 Å². The lowest BCUT2D eigenvalue weighted by molar-refractivity contribution is 0.0987. The first-order valence-corrected chi connectivity index (χ1v) is 15.9. The van der Waals surface area contributed by atoms with Crippen LogP contribution in [0, 0.1) is 11.6 Å². The third kappa shape index (κ3) is 6.89. The standard InChI is InChI=1S/C38H37F2N3O5/c1-4-42(29-16-27(39)15-28(40)17-29)38(45)35-23-43(36-21-31(46-2)11-12-34(36)37(35)44)30-18-32(47-3)20-33(19-30)48-24-26-10-6-5-9-25(26)22-41-13-7-8-14-41/h5-6,9-12,15-21,23H,4,7-8,13-14,22,24H2,1-3H3. The van der Waals surface area contributed by atoms with Crippen molar-refractivity contribution < 1.29 is 27.8 Å². The molecule has 1 saturated heterocycles. The van der Waals surface area contributed by atoms with Crippen molar-refractivity contribution in [2.24, 2.45) is 0 Å². The van der Waals surface area contributed by atoms with Crippen molar-refractivity contribution in [3.63, 3.8) is 0 Å². The summed E-state index contributed by atoms with van der Waals surface area (Å²) in [5.74, 6) is -0.833. The van der Waals surface area contributed by atoms with Crippen molar-refractivity contribution in [3.8, 4) is 22.9 Å². The van der Waals surface area contributed by atoms with Gasteiger partial charge in [-0.3, -0.25) is 14.5 Å². The Hall–Kier alpha value is -5.22. The van der Waals surface area contributed by atoms with Gasteiger partial charge in [0.15, 0.2) is 0 Å². The van der Waals surface area contributed by atoms with E-state index in [1.165, 1.54) is 36.6 Å². The van der Waals surface area contributed by atoms with Crippen LogP contribution in [-0.4, -0.2) is 49.2 Å². The third-order valence-electron chi connectivity index (χ3n) is 8.65. The summed E-state index contributed by atoms with van der Waals surface area (Å²) in [6.07, 6.45) is 3.86. The molecule has 2 heterocycles. The summed E-state index contributed by atoms with van der Waals surface area (Å²) >= 11 is 0. The van der Waals surface area contributed by atoms with Crippen LogP contribution in [0.4, 0.5) is 14.5 Å². The molecule has 0 spiro atoms. The second-order valence-corrected chi connectivity index (χ2v) is 11.7. The molecule has 248 valence electrons. The molecule has 0 aliphatic carbocycles. The van der Waals surface area contributed by atoms with E-state index in [1.807, 2.05) is 18.2 Å². The third-order valence-corrected chi connectivity index (χ3v) is 8.65. The van der Waals surface area contributed by atoms with E-state index in [0.717, 1.165) is 43.4 Å². The molecule has 10 heteroatoms. The molecule has 1 amide bonds. The fourth-order valence-electron chi connectivity index (χ4n) is 6.17. The average Bonchev–Trinajstić information content (AvgIpc) is 3.60. The lowest BCUT2D eigenvalue weighted by Gasteiger charge is -2.22. The van der Waals surface area contributed by atoms with Gasteiger partial charge in [-0.05, 0) is 68.2 Å². The smallest absolute Gasteiger partial charge is 0.263 e. The van der Waals surface area contributed by atoms with Crippen LogP contribution < -0.4 is 24.5 Å². The number of carbonyl (C=O) groups excluding carboxylic acids is 1. The van der Waals surface area contributed by atoms with Crippen molar-refractivity contribution in [3.05, 3.63) is 124 Å². The van der Waals surface area contributed by atoms with E-state index < -0.39 is 23.0 Å². The van der Waals surface area contributed by atoms with Crippen molar-refractivity contribution in [2.75, 3.05) is 38.8 Å². The van der Waals surface area contributed by atoms with Gasteiger partial charge in [-0.15, -0.1) is 0 Å². The molecular formula is C38H37F2N3O5. The minimum absolute atomic E-state index is 0.00265. The molecule has 1 fully saturated rings. The highest BCUT2D eigenvalue weighted by atomic mass is 19.1. The van der Waals surface area contributed by atoms with Crippen molar-refractivity contribution in [1.82, 2.24) is 9.47 Å². The molecule has 0 saturated carbocycles. The van der Waals surface area contributed by atoms with Crippen molar-refractivity contribution in [2.45, 2.75) is 32.9 Å². The number of fused-ring (bicyclic) bond motifs is 1. The van der Waals surface area contributed by atoms with E-state index in [4.69, 9.17) is 14.2 Å². The molecule has 0 bridgehead atoms. The van der Waals surface area contributed by atoms with Crippen LogP contribution in [0.1, 0.15) is 41.3 Å². The first-order chi connectivity index (χ1) is 23.3. The lowest BCUT2D eigenvalue weighted by Crippen LogP contribution is -2.35. The summed E-state index contributed by atoms with van der Waals surface area (Å²) in [5.41, 5.74) is 2.62. The highest BCUT2D eigenvalue weighted by Gasteiger charge is 2.24. The number of carbonyl (C=O) groups is 1. The van der Waals surface area contributed by atoms with Crippen LogP contribution >= 0.6 is 0 Å². The molecule has 6 rings (SSSR count). The van der Waals surface area contributed by atoms with Gasteiger partial charge in [-0.25, -0.2) is 8.78 Å². The number of rotatable bonds is 11. The number of halogens is 2. The van der Waals surface area contributed by atoms with E-state index in [1.54, 1.807) is 48.9 Å². The first kappa shape index (κ1) is 32.7. The summed E-state index contributed by atoms with van der Waals surface area (Å²) < 4.78 is 47.5. The average molecular weight is 654 g/mol. The summed E-state index contributed by atoms with van der Waals surface area (Å²) in [7, 11) is 3.07. The minimum Gasteiger partial charge on any atom is -0.497 e. The van der Waals surface area contributed by atoms with E-state index in [2.05, 4.69) is 17.0 Å². The fourth-order valence-corrected chi connectivity index (χ4v) is 6.17. The number of nitrogens with zero attached hydrogens (tertiary/aromatic N) is 3. The maximum absolute atomic E-state index is 14.1. The zero-order valence-corrected chi connectivity index (χ0v) is 27.2. The van der Waals surface area contributed by atoms with E-state index in [9.17, 15) is 18.4 Å². The van der Waals surface area contributed by atoms with Gasteiger partial charge in [-0.2, -0.15) is 0 Å². The van der Waals surface area contributed by atoms with Gasteiger partial charge in [0.2, 0.25) is 5.43 Å². The molecular weight excluding hydrogens is 616 g/mol. The molecule has 0 unspecified atom stereocenters. The number of likely N-dealkylation sites (tertiary alicyclic amines) is 1. The van der Waals surface area contributed by atoms with Crippen LogP contribution in [-0.2, 0) is 13.2 Å². The summed E-state index contributed by atoms with van der Waals surface area (Å²) in [5, 5.41) is 0.254. The van der Waals surface area contributed by atoms with Crippen molar-refractivity contribution >= 4 is 22.5 Å². The maximum Gasteiger partial charge on any atom is 0.263 e. The monoisotopic (exact) mass is 653 g/mol. The minimum atomic E-state index is -0.832. The van der Waals surface area contributed by atoms with E-state index in [-0.39, 0.29) is 23.2 Å². The predicted molar refractivity (Wildman–Crippen MR) is 182 cm³/mol. The number of pyridine rings is 1. The number of hydrogen-bond donors (Lipinski definition) is 0. The molecule has 5 aromatic rings. The fraction of sp³-hybridized carbons (Fsp3) is 0.263. The highest BCUT2D eigenvalue weighted by molar-refractivity contribution is 6.07. The Labute approximate surface area is 277 Å². The molecule has 1 aliphatic rings. The van der Waals surface area contributed by atoms with Gasteiger partial charge in [0.1, 0.15) is 41.1 Å². The second kappa shape index (κ2) is 14.3. The topological polar surface area (TPSA) is 73.2 Å². The predicted octanol–water partition coefficient (Wildman–Crippen LogP) is 7.13. The van der Waals surface area contributed by atoms with Gasteiger partial charge in [0, 0.05) is 60.7 Å². The molecule has 0 radical (unpaired) electrons. The lowest BCUT2D eigenvalue weighted by atomic mass is 10.1. The number of amides is 1. The summed E-state index contributed by atoms with van der Waals surface area (Å²) in [4.78, 5) is 31.4. The number of ether oxygens (including phenoxy) is 3. The molecule has 0 atom stereocenters. The van der Waals surface area contributed by atoms with Gasteiger partial charge < -0.3 is 23.7 Å². The Morgan fingerprint density at radius 3 is 2.21 bits per heavy atom. The molecule has 8 nitrogen and oxygen atoms in total. The van der Waals surface area contributed by atoms with E-state index in [0.29, 0.717) is 35.1 Å². The normalized spacial score (nSPS) is 13.1. The first-order valence-electron chi connectivity index (χ1n) is 15.9. The zero-order chi connectivity index (χ0) is 33.8. The molecule has 4 aromatic carbocycles. The molecule has 1 aromatic heterocycles. The van der Waals surface area contributed by atoms with Gasteiger partial charge in [0.25, 0.3) is 5.91 Å². The van der Waals surface area contributed by atoms with Crippen molar-refractivity contribution in [1.29, 1.82) is 0 Å². The Morgan fingerprint density at radius 1 is 0.833 bits per heavy atom. The number of hydrogen-bond acceptors (Lipinski definition) is 6. The van der Waals surface area contributed by atoms with Crippen LogP contribution in [0.2, 0.25) is 0 Å². The molecule has 1 aliphatic heterocycles. The SMILES string of the molecule is CCN(C(=O)c1cn(-c2cc(OC)cc(OCc3ccccc3CN3CCCC3)c2)c2cc(OC)ccc2c1=O)c1cc(F)cc(F)c1. The number of aromatic nitrogens is 1. The maximum atomic E-state index is 14.1. The van der Waals surface area contributed by atoms with Crippen LogP contribution in [0.25, 0.3) is 16.6 Å². The summed E-state index contributed by atoms with van der Waals surface area (Å²) in [6.45, 7) is 5.10. The second-order valence-electron chi connectivity index (χ2n) is 11.7. The Bertz CT molecular complexity index is 2000. The van der Waals surface area contributed by atoms with Gasteiger partial charge in [-0.1, -0.05) is 24.3 Å². The number of methoxy groups -OCH3 is 2. The Balaban J connectivity index is 1.42. The van der Waals surface area contributed by atoms with Crippen LogP contribution in [0.3, 0.4) is 0 Å². The quantitative estimate of drug-likeness (QED) is 0.151. The summed E-state index contributed by atoms with van der Waals surface area (Å²) in [6, 6.07) is 21.4. The number of anilines is 1. The van der Waals surface area contributed by atoms with Gasteiger partial charge >= 0.3 is 0 Å². The Kier molecular flexibility index (Phi) is 9.72. The van der Waals surface area contributed by atoms with Gasteiger partial charge in [0.05, 0.1) is 25.4 Å². The Morgan fingerprint density at radius 2 is 1.52 bits per heavy atom. The van der Waals surface area contributed by atoms with Crippen LogP contribution in [0.5, 0.6) is 17.2 Å².